The maximum absolute atomic E-state index is 9.35. The van der Waals surface area contributed by atoms with Crippen LogP contribution in [0, 0.1) is 3.57 Å². The number of nitrogens with zero attached hydrogens (tertiary/aromatic N) is 2. The van der Waals surface area contributed by atoms with Crippen LogP contribution in [0.25, 0.3) is 0 Å². The molecule has 1 aromatic carbocycles. The number of aromatic nitrogens is 2. The minimum Gasteiger partial charge on any atom is -0.496 e. The van der Waals surface area contributed by atoms with Crippen LogP contribution < -0.4 is 20.5 Å². The van der Waals surface area contributed by atoms with Crippen LogP contribution in [-0.4, -0.2) is 46.5 Å². The molecular formula is C17H23IN4O4. The van der Waals surface area contributed by atoms with Gasteiger partial charge in [0.25, 0.3) is 0 Å². The number of aliphatic hydroxyl groups is 2. The highest BCUT2D eigenvalue weighted by Crippen LogP contribution is 2.37. The molecule has 2 aromatic rings. The Morgan fingerprint density at radius 2 is 2.00 bits per heavy atom. The van der Waals surface area contributed by atoms with E-state index in [4.69, 9.17) is 20.3 Å². The topological polar surface area (TPSA) is 123 Å². The Morgan fingerprint density at radius 1 is 1.27 bits per heavy atom. The van der Waals surface area contributed by atoms with Crippen LogP contribution in [0.5, 0.6) is 17.2 Å². The number of nitrogens with one attached hydrogen (secondary N) is 1. The monoisotopic (exact) mass is 474 g/mol. The van der Waals surface area contributed by atoms with Gasteiger partial charge >= 0.3 is 0 Å². The minimum atomic E-state index is -0.897. The van der Waals surface area contributed by atoms with Crippen molar-refractivity contribution in [3.05, 3.63) is 27.5 Å². The SMILES string of the molecule is COc1cc(C(C)C)c(Oc2cnc(NCC(O)CO)nc2N)cc1I. The zero-order valence-electron chi connectivity index (χ0n) is 14.9. The fraction of sp³-hybridized carbons (Fsp3) is 0.412. The number of benzene rings is 1. The summed E-state index contributed by atoms with van der Waals surface area (Å²) >= 11 is 2.18. The second kappa shape index (κ2) is 9.19. The summed E-state index contributed by atoms with van der Waals surface area (Å²) < 4.78 is 12.3. The number of aliphatic hydroxyl groups excluding tert-OH is 2. The quantitative estimate of drug-likeness (QED) is 0.430. The smallest absolute Gasteiger partial charge is 0.224 e. The van der Waals surface area contributed by atoms with Crippen molar-refractivity contribution in [2.75, 3.05) is 31.3 Å². The number of rotatable bonds is 8. The molecule has 1 heterocycles. The largest absolute Gasteiger partial charge is 0.496 e. The number of halogens is 1. The molecule has 8 nitrogen and oxygen atoms in total. The molecule has 2 rings (SSSR count). The second-order valence-corrected chi connectivity index (χ2v) is 7.10. The molecule has 0 aliphatic rings. The molecule has 5 N–H and O–H groups in total. The van der Waals surface area contributed by atoms with Gasteiger partial charge in [0, 0.05) is 12.1 Å². The Kier molecular flexibility index (Phi) is 7.23. The van der Waals surface area contributed by atoms with Gasteiger partial charge < -0.3 is 30.7 Å². The third-order valence-electron chi connectivity index (χ3n) is 3.62. The molecule has 1 aromatic heterocycles. The van der Waals surface area contributed by atoms with Crippen molar-refractivity contribution in [3.8, 4) is 17.2 Å². The molecule has 0 aliphatic heterocycles. The van der Waals surface area contributed by atoms with Crippen molar-refractivity contribution in [1.29, 1.82) is 0 Å². The summed E-state index contributed by atoms with van der Waals surface area (Å²) in [5, 5.41) is 21.0. The van der Waals surface area contributed by atoms with Crippen LogP contribution in [0.1, 0.15) is 25.3 Å². The molecule has 1 unspecified atom stereocenters. The van der Waals surface area contributed by atoms with Gasteiger partial charge in [-0.05, 0) is 40.6 Å². The lowest BCUT2D eigenvalue weighted by molar-refractivity contribution is 0.105. The van der Waals surface area contributed by atoms with Crippen LogP contribution in [0.4, 0.5) is 11.8 Å². The zero-order chi connectivity index (χ0) is 19.3. The van der Waals surface area contributed by atoms with Gasteiger partial charge in [-0.25, -0.2) is 4.98 Å². The average molecular weight is 474 g/mol. The van der Waals surface area contributed by atoms with Crippen molar-refractivity contribution in [3.63, 3.8) is 0 Å². The van der Waals surface area contributed by atoms with E-state index in [1.165, 1.54) is 6.20 Å². The lowest BCUT2D eigenvalue weighted by atomic mass is 10.0. The van der Waals surface area contributed by atoms with Crippen molar-refractivity contribution in [2.24, 2.45) is 0 Å². The summed E-state index contributed by atoms with van der Waals surface area (Å²) in [6, 6.07) is 3.84. The zero-order valence-corrected chi connectivity index (χ0v) is 17.0. The number of hydrogen-bond acceptors (Lipinski definition) is 8. The van der Waals surface area contributed by atoms with Crippen LogP contribution in [-0.2, 0) is 0 Å². The van der Waals surface area contributed by atoms with E-state index < -0.39 is 6.10 Å². The highest BCUT2D eigenvalue weighted by Gasteiger charge is 2.16. The maximum Gasteiger partial charge on any atom is 0.224 e. The maximum atomic E-state index is 9.35. The molecule has 1 atom stereocenters. The fourth-order valence-electron chi connectivity index (χ4n) is 2.19. The first kappa shape index (κ1) is 20.5. The van der Waals surface area contributed by atoms with E-state index in [0.29, 0.717) is 11.5 Å². The predicted molar refractivity (Wildman–Crippen MR) is 108 cm³/mol. The normalized spacial score (nSPS) is 12.1. The summed E-state index contributed by atoms with van der Waals surface area (Å²) in [5.41, 5.74) is 6.96. The summed E-state index contributed by atoms with van der Waals surface area (Å²) in [7, 11) is 1.63. The number of ether oxygens (including phenoxy) is 2. The van der Waals surface area contributed by atoms with Crippen molar-refractivity contribution in [2.45, 2.75) is 25.9 Å². The van der Waals surface area contributed by atoms with E-state index in [1.54, 1.807) is 7.11 Å². The van der Waals surface area contributed by atoms with Gasteiger partial charge in [0.2, 0.25) is 5.95 Å². The van der Waals surface area contributed by atoms with E-state index in [9.17, 15) is 5.11 Å². The molecule has 0 bridgehead atoms. The lowest BCUT2D eigenvalue weighted by Crippen LogP contribution is -2.23. The second-order valence-electron chi connectivity index (χ2n) is 5.94. The minimum absolute atomic E-state index is 0.115. The van der Waals surface area contributed by atoms with Gasteiger partial charge in [-0.15, -0.1) is 0 Å². The van der Waals surface area contributed by atoms with Gasteiger partial charge in [-0.1, -0.05) is 13.8 Å². The van der Waals surface area contributed by atoms with Crippen LogP contribution in [0.2, 0.25) is 0 Å². The number of hydrogen-bond donors (Lipinski definition) is 4. The highest BCUT2D eigenvalue weighted by atomic mass is 127. The summed E-state index contributed by atoms with van der Waals surface area (Å²) in [5.74, 6) is 2.42. The van der Waals surface area contributed by atoms with Crippen LogP contribution in [0.15, 0.2) is 18.3 Å². The van der Waals surface area contributed by atoms with Crippen molar-refractivity contribution < 1.29 is 19.7 Å². The number of methoxy groups -OCH3 is 1. The van der Waals surface area contributed by atoms with E-state index in [-0.39, 0.29) is 30.8 Å². The first-order valence-electron chi connectivity index (χ1n) is 8.06. The summed E-state index contributed by atoms with van der Waals surface area (Å²) in [4.78, 5) is 8.24. The number of anilines is 2. The molecule has 0 aliphatic carbocycles. The number of nitrogen functional groups attached to an aromatic ring is 1. The van der Waals surface area contributed by atoms with E-state index >= 15 is 0 Å². The molecule has 0 radical (unpaired) electrons. The number of nitrogens with two attached hydrogens (primary N) is 1. The predicted octanol–water partition coefficient (Wildman–Crippen LogP) is 2.35. The van der Waals surface area contributed by atoms with Gasteiger partial charge in [0.1, 0.15) is 11.5 Å². The van der Waals surface area contributed by atoms with E-state index in [0.717, 1.165) is 14.9 Å². The Morgan fingerprint density at radius 3 is 2.58 bits per heavy atom. The van der Waals surface area contributed by atoms with Crippen LogP contribution in [0.3, 0.4) is 0 Å². The van der Waals surface area contributed by atoms with Gasteiger partial charge in [0.15, 0.2) is 11.6 Å². The van der Waals surface area contributed by atoms with Crippen LogP contribution >= 0.6 is 22.6 Å². The van der Waals surface area contributed by atoms with E-state index in [1.807, 2.05) is 12.1 Å². The molecule has 0 saturated heterocycles. The first-order valence-corrected chi connectivity index (χ1v) is 9.14. The Balaban J connectivity index is 2.24. The molecule has 0 amide bonds. The molecular weight excluding hydrogens is 451 g/mol. The molecule has 0 saturated carbocycles. The summed E-state index contributed by atoms with van der Waals surface area (Å²) in [6.07, 6.45) is 0.572. The standard InChI is InChI=1S/C17H23IN4O4/c1-9(2)11-4-14(25-3)12(18)5-13(11)26-15-7-21-17(22-16(15)19)20-6-10(24)8-23/h4-5,7,9-10,23-24H,6,8H2,1-3H3,(H3,19,20,21,22). The van der Waals surface area contributed by atoms with E-state index in [2.05, 4.69) is 51.7 Å². The van der Waals surface area contributed by atoms with Crippen molar-refractivity contribution in [1.82, 2.24) is 9.97 Å². The molecule has 9 heteroatoms. The highest BCUT2D eigenvalue weighted by molar-refractivity contribution is 14.1. The lowest BCUT2D eigenvalue weighted by Gasteiger charge is -2.17. The molecule has 0 fully saturated rings. The first-order chi connectivity index (χ1) is 12.3. The van der Waals surface area contributed by atoms with Gasteiger partial charge in [0.05, 0.1) is 29.6 Å². The fourth-order valence-corrected chi connectivity index (χ4v) is 2.85. The Hall–Kier alpha value is -1.85. The third-order valence-corrected chi connectivity index (χ3v) is 4.46. The van der Waals surface area contributed by atoms with Crippen molar-refractivity contribution >= 4 is 34.4 Å². The Bertz CT molecular complexity index is 758. The third kappa shape index (κ3) is 5.08. The Labute approximate surface area is 165 Å². The average Bonchev–Trinajstić information content (AvgIpc) is 2.61. The van der Waals surface area contributed by atoms with Gasteiger partial charge in [-0.3, -0.25) is 0 Å². The molecule has 26 heavy (non-hydrogen) atoms. The molecule has 0 spiro atoms. The summed E-state index contributed by atoms with van der Waals surface area (Å²) in [6.45, 7) is 3.89. The van der Waals surface area contributed by atoms with Gasteiger partial charge in [-0.2, -0.15) is 4.98 Å². The molecule has 142 valence electrons.